The highest BCUT2D eigenvalue weighted by Gasteiger charge is 2.29. The minimum absolute atomic E-state index is 0.124. The highest BCUT2D eigenvalue weighted by Crippen LogP contribution is 2.35. The SMILES string of the molecule is O=C1c2cc(Br)cc(Br)c2CCC1n1ccnc1. The molecule has 0 N–H and O–H groups in total. The van der Waals surface area contributed by atoms with Crippen LogP contribution in [0.3, 0.4) is 0 Å². The molecule has 3 nitrogen and oxygen atoms in total. The van der Waals surface area contributed by atoms with Gasteiger partial charge >= 0.3 is 0 Å². The lowest BCUT2D eigenvalue weighted by Crippen LogP contribution is -2.25. The molecule has 0 radical (unpaired) electrons. The number of hydrogen-bond acceptors (Lipinski definition) is 2. The Hall–Kier alpha value is -0.940. The molecule has 3 rings (SSSR count). The fourth-order valence-electron chi connectivity index (χ4n) is 2.41. The molecule has 1 aromatic heterocycles. The van der Waals surface area contributed by atoms with Crippen LogP contribution < -0.4 is 0 Å². The Morgan fingerprint density at radius 2 is 2.17 bits per heavy atom. The van der Waals surface area contributed by atoms with Crippen molar-refractivity contribution >= 4 is 37.6 Å². The average Bonchev–Trinajstić information content (AvgIpc) is 2.84. The Kier molecular flexibility index (Phi) is 3.11. The molecular weight excluding hydrogens is 360 g/mol. The molecule has 0 fully saturated rings. The Balaban J connectivity index is 2.07. The van der Waals surface area contributed by atoms with E-state index in [0.29, 0.717) is 0 Å². The molecule has 0 bridgehead atoms. The van der Waals surface area contributed by atoms with Gasteiger partial charge in [0.2, 0.25) is 0 Å². The summed E-state index contributed by atoms with van der Waals surface area (Å²) < 4.78 is 3.82. The lowest BCUT2D eigenvalue weighted by atomic mass is 9.87. The van der Waals surface area contributed by atoms with Gasteiger partial charge in [-0.05, 0) is 30.5 Å². The fourth-order valence-corrected chi connectivity index (χ4v) is 3.83. The van der Waals surface area contributed by atoms with Gasteiger partial charge in [-0.15, -0.1) is 0 Å². The first kappa shape index (κ1) is 12.1. The van der Waals surface area contributed by atoms with Gasteiger partial charge in [-0.25, -0.2) is 4.98 Å². The molecule has 0 amide bonds. The molecular formula is C13H10Br2N2O. The molecule has 0 spiro atoms. The van der Waals surface area contributed by atoms with E-state index in [1.165, 1.54) is 0 Å². The Morgan fingerprint density at radius 1 is 1.33 bits per heavy atom. The van der Waals surface area contributed by atoms with Gasteiger partial charge < -0.3 is 4.57 Å². The number of imidazole rings is 1. The van der Waals surface area contributed by atoms with Gasteiger partial charge in [-0.3, -0.25) is 4.79 Å². The van der Waals surface area contributed by atoms with E-state index < -0.39 is 0 Å². The number of rotatable bonds is 1. The van der Waals surface area contributed by atoms with Crippen molar-refractivity contribution in [2.75, 3.05) is 0 Å². The van der Waals surface area contributed by atoms with Crippen LogP contribution in [0, 0.1) is 0 Å². The summed E-state index contributed by atoms with van der Waals surface area (Å²) >= 11 is 6.96. The number of nitrogens with zero attached hydrogens (tertiary/aromatic N) is 2. The number of hydrogen-bond donors (Lipinski definition) is 0. The van der Waals surface area contributed by atoms with E-state index in [4.69, 9.17) is 0 Å². The minimum atomic E-state index is -0.124. The number of halogens is 2. The van der Waals surface area contributed by atoms with Crippen LogP contribution in [0.15, 0.2) is 39.8 Å². The number of benzene rings is 1. The summed E-state index contributed by atoms with van der Waals surface area (Å²) in [6.07, 6.45) is 6.99. The second-order valence-electron chi connectivity index (χ2n) is 4.34. The van der Waals surface area contributed by atoms with Crippen molar-refractivity contribution in [2.24, 2.45) is 0 Å². The van der Waals surface area contributed by atoms with E-state index in [2.05, 4.69) is 36.8 Å². The zero-order valence-electron chi connectivity index (χ0n) is 9.44. The molecule has 1 aliphatic carbocycles. The van der Waals surface area contributed by atoms with Crippen LogP contribution in [0.25, 0.3) is 0 Å². The zero-order valence-corrected chi connectivity index (χ0v) is 12.6. The van der Waals surface area contributed by atoms with Gasteiger partial charge in [0.25, 0.3) is 0 Å². The van der Waals surface area contributed by atoms with Crippen molar-refractivity contribution in [1.29, 1.82) is 0 Å². The minimum Gasteiger partial charge on any atom is -0.327 e. The third-order valence-corrected chi connectivity index (χ3v) is 4.45. The Labute approximate surface area is 121 Å². The van der Waals surface area contributed by atoms with Gasteiger partial charge in [-0.2, -0.15) is 0 Å². The van der Waals surface area contributed by atoms with E-state index in [0.717, 1.165) is 32.9 Å². The molecule has 92 valence electrons. The maximum atomic E-state index is 12.5. The highest BCUT2D eigenvalue weighted by atomic mass is 79.9. The van der Waals surface area contributed by atoms with E-state index in [-0.39, 0.29) is 11.8 Å². The molecule has 1 heterocycles. The topological polar surface area (TPSA) is 34.9 Å². The van der Waals surface area contributed by atoms with Gasteiger partial charge in [0.05, 0.1) is 12.4 Å². The molecule has 0 aliphatic heterocycles. The first-order chi connectivity index (χ1) is 8.66. The quantitative estimate of drug-likeness (QED) is 0.766. The first-order valence-corrected chi connectivity index (χ1v) is 7.25. The standard InChI is InChI=1S/C13H10Br2N2O/c14-8-5-10-9(11(15)6-8)1-2-12(13(10)18)17-4-3-16-7-17/h3-7,12H,1-2H2. The summed E-state index contributed by atoms with van der Waals surface area (Å²) in [6, 6.07) is 3.77. The van der Waals surface area contributed by atoms with Crippen molar-refractivity contribution in [3.8, 4) is 0 Å². The van der Waals surface area contributed by atoms with Crippen LogP contribution in [0.2, 0.25) is 0 Å². The van der Waals surface area contributed by atoms with E-state index >= 15 is 0 Å². The summed E-state index contributed by atoms with van der Waals surface area (Å²) in [5.74, 6) is 0.163. The first-order valence-electron chi connectivity index (χ1n) is 5.66. The summed E-state index contributed by atoms with van der Waals surface area (Å²) in [5.41, 5.74) is 1.92. The van der Waals surface area contributed by atoms with Crippen LogP contribution in [-0.4, -0.2) is 15.3 Å². The summed E-state index contributed by atoms with van der Waals surface area (Å²) in [4.78, 5) is 16.5. The summed E-state index contributed by atoms with van der Waals surface area (Å²) in [5, 5.41) is 0. The maximum absolute atomic E-state index is 12.5. The number of aromatic nitrogens is 2. The fraction of sp³-hybridized carbons (Fsp3) is 0.231. The molecule has 5 heteroatoms. The van der Waals surface area contributed by atoms with Crippen LogP contribution in [0.5, 0.6) is 0 Å². The second-order valence-corrected chi connectivity index (χ2v) is 6.11. The zero-order chi connectivity index (χ0) is 12.7. The van der Waals surface area contributed by atoms with Gasteiger partial charge in [0.1, 0.15) is 0 Å². The molecule has 1 atom stereocenters. The van der Waals surface area contributed by atoms with Crippen molar-refractivity contribution in [1.82, 2.24) is 9.55 Å². The number of Topliss-reactive ketones (excluding diaryl/α,β-unsaturated/α-hetero) is 1. The molecule has 1 aliphatic rings. The summed E-state index contributed by atoms with van der Waals surface area (Å²) in [7, 11) is 0. The van der Waals surface area contributed by atoms with Crippen molar-refractivity contribution in [3.05, 3.63) is 50.9 Å². The number of fused-ring (bicyclic) bond motifs is 1. The van der Waals surface area contributed by atoms with Gasteiger partial charge in [-0.1, -0.05) is 31.9 Å². The number of ketones is 1. The smallest absolute Gasteiger partial charge is 0.185 e. The normalized spacial score (nSPS) is 18.8. The Morgan fingerprint density at radius 3 is 2.89 bits per heavy atom. The third-order valence-electron chi connectivity index (χ3n) is 3.28. The average molecular weight is 370 g/mol. The largest absolute Gasteiger partial charge is 0.327 e. The van der Waals surface area contributed by atoms with E-state index in [1.807, 2.05) is 22.9 Å². The second kappa shape index (κ2) is 4.63. The predicted octanol–water partition coefficient (Wildman–Crippen LogP) is 3.78. The molecule has 0 saturated heterocycles. The maximum Gasteiger partial charge on any atom is 0.185 e. The van der Waals surface area contributed by atoms with Crippen LogP contribution in [0.1, 0.15) is 28.4 Å². The summed E-state index contributed by atoms with van der Waals surface area (Å²) in [6.45, 7) is 0. The van der Waals surface area contributed by atoms with Crippen LogP contribution >= 0.6 is 31.9 Å². The van der Waals surface area contributed by atoms with Gasteiger partial charge in [0.15, 0.2) is 5.78 Å². The van der Waals surface area contributed by atoms with Crippen molar-refractivity contribution < 1.29 is 4.79 Å². The van der Waals surface area contributed by atoms with E-state index in [9.17, 15) is 4.79 Å². The monoisotopic (exact) mass is 368 g/mol. The highest BCUT2D eigenvalue weighted by molar-refractivity contribution is 9.11. The van der Waals surface area contributed by atoms with Crippen LogP contribution in [-0.2, 0) is 6.42 Å². The number of carbonyl (C=O) groups excluding carboxylic acids is 1. The molecule has 1 aromatic carbocycles. The molecule has 18 heavy (non-hydrogen) atoms. The van der Waals surface area contributed by atoms with Gasteiger partial charge in [0, 0.05) is 26.9 Å². The predicted molar refractivity (Wildman–Crippen MR) is 75.8 cm³/mol. The van der Waals surface area contributed by atoms with Crippen molar-refractivity contribution in [2.45, 2.75) is 18.9 Å². The molecule has 2 aromatic rings. The lowest BCUT2D eigenvalue weighted by molar-refractivity contribution is 0.0908. The number of carbonyl (C=O) groups is 1. The van der Waals surface area contributed by atoms with E-state index in [1.54, 1.807) is 12.5 Å². The lowest BCUT2D eigenvalue weighted by Gasteiger charge is -2.25. The van der Waals surface area contributed by atoms with Crippen molar-refractivity contribution in [3.63, 3.8) is 0 Å². The molecule has 0 saturated carbocycles. The third kappa shape index (κ3) is 1.95. The Bertz CT molecular complexity index is 608. The van der Waals surface area contributed by atoms with Crippen LogP contribution in [0.4, 0.5) is 0 Å². The molecule has 1 unspecified atom stereocenters.